The third kappa shape index (κ3) is 2.56. The SMILES string of the molecule is Cn1ncnc1CC(N)c1csc(I)c1. The molecule has 6 heteroatoms. The summed E-state index contributed by atoms with van der Waals surface area (Å²) >= 11 is 4.01. The molecule has 0 aliphatic carbocycles. The molecule has 2 aromatic heterocycles. The van der Waals surface area contributed by atoms with Crippen LogP contribution in [0.25, 0.3) is 0 Å². The molecule has 0 aliphatic rings. The zero-order chi connectivity index (χ0) is 10.8. The topological polar surface area (TPSA) is 56.7 Å². The van der Waals surface area contributed by atoms with Crippen LogP contribution >= 0.6 is 33.9 Å². The molecule has 0 fully saturated rings. The van der Waals surface area contributed by atoms with E-state index in [1.165, 1.54) is 8.45 Å². The van der Waals surface area contributed by atoms with Crippen LogP contribution in [0.1, 0.15) is 17.4 Å². The molecule has 0 amide bonds. The van der Waals surface area contributed by atoms with Crippen molar-refractivity contribution in [2.24, 2.45) is 12.8 Å². The maximum atomic E-state index is 6.09. The van der Waals surface area contributed by atoms with E-state index >= 15 is 0 Å². The van der Waals surface area contributed by atoms with E-state index in [0.717, 1.165) is 12.2 Å². The molecule has 0 aromatic carbocycles. The third-order valence-electron chi connectivity index (χ3n) is 2.22. The summed E-state index contributed by atoms with van der Waals surface area (Å²) in [6.45, 7) is 0. The Morgan fingerprint density at radius 3 is 3.00 bits per heavy atom. The summed E-state index contributed by atoms with van der Waals surface area (Å²) in [6.07, 6.45) is 2.28. The molecule has 2 aromatic rings. The van der Waals surface area contributed by atoms with Crippen LogP contribution in [0, 0.1) is 2.88 Å². The van der Waals surface area contributed by atoms with Crippen molar-refractivity contribution in [3.05, 3.63) is 32.0 Å². The lowest BCUT2D eigenvalue weighted by atomic mass is 10.1. The number of aromatic nitrogens is 3. The minimum absolute atomic E-state index is 0.00710. The lowest BCUT2D eigenvalue weighted by Crippen LogP contribution is -2.15. The van der Waals surface area contributed by atoms with E-state index in [-0.39, 0.29) is 6.04 Å². The second kappa shape index (κ2) is 4.58. The average Bonchev–Trinajstić information content (AvgIpc) is 2.77. The third-order valence-corrected chi connectivity index (χ3v) is 4.03. The molecule has 4 nitrogen and oxygen atoms in total. The van der Waals surface area contributed by atoms with E-state index in [1.807, 2.05) is 7.05 Å². The van der Waals surface area contributed by atoms with Crippen molar-refractivity contribution in [3.8, 4) is 0 Å². The van der Waals surface area contributed by atoms with Crippen molar-refractivity contribution in [1.82, 2.24) is 14.8 Å². The fourth-order valence-corrected chi connectivity index (χ4v) is 2.77. The smallest absolute Gasteiger partial charge is 0.138 e. The van der Waals surface area contributed by atoms with E-state index in [4.69, 9.17) is 5.73 Å². The van der Waals surface area contributed by atoms with Gasteiger partial charge in [-0.15, -0.1) is 11.3 Å². The Morgan fingerprint density at radius 1 is 1.67 bits per heavy atom. The van der Waals surface area contributed by atoms with Crippen LogP contribution in [0.3, 0.4) is 0 Å². The maximum Gasteiger partial charge on any atom is 0.138 e. The molecule has 2 heterocycles. The predicted octanol–water partition coefficient (Wildman–Crippen LogP) is 1.72. The second-order valence-electron chi connectivity index (χ2n) is 3.29. The fraction of sp³-hybridized carbons (Fsp3) is 0.333. The zero-order valence-electron chi connectivity index (χ0n) is 8.22. The molecule has 0 aliphatic heterocycles. The average molecular weight is 334 g/mol. The lowest BCUT2D eigenvalue weighted by molar-refractivity contribution is 0.630. The van der Waals surface area contributed by atoms with E-state index in [1.54, 1.807) is 22.3 Å². The molecule has 0 saturated carbocycles. The number of nitrogens with zero attached hydrogens (tertiary/aromatic N) is 3. The van der Waals surface area contributed by atoms with Crippen LogP contribution in [0.4, 0.5) is 0 Å². The Labute approximate surface area is 106 Å². The van der Waals surface area contributed by atoms with E-state index in [2.05, 4.69) is 44.1 Å². The van der Waals surface area contributed by atoms with Gasteiger partial charge in [0, 0.05) is 19.5 Å². The minimum Gasteiger partial charge on any atom is -0.324 e. The zero-order valence-corrected chi connectivity index (χ0v) is 11.2. The van der Waals surface area contributed by atoms with Gasteiger partial charge < -0.3 is 5.73 Å². The van der Waals surface area contributed by atoms with Gasteiger partial charge in [-0.05, 0) is 39.6 Å². The van der Waals surface area contributed by atoms with E-state index in [9.17, 15) is 0 Å². The van der Waals surface area contributed by atoms with Gasteiger partial charge in [0.2, 0.25) is 0 Å². The van der Waals surface area contributed by atoms with Gasteiger partial charge in [-0.1, -0.05) is 0 Å². The highest BCUT2D eigenvalue weighted by molar-refractivity contribution is 14.1. The lowest BCUT2D eigenvalue weighted by Gasteiger charge is -2.08. The standard InChI is InChI=1S/C9H11IN4S/c1-14-9(12-5-13-14)3-7(11)6-2-8(10)15-4-6/h2,4-5,7H,3,11H2,1H3. The van der Waals surface area contributed by atoms with E-state index < -0.39 is 0 Å². The minimum atomic E-state index is 0.00710. The van der Waals surface area contributed by atoms with Crippen LogP contribution in [-0.2, 0) is 13.5 Å². The van der Waals surface area contributed by atoms with Gasteiger partial charge in [-0.3, -0.25) is 4.68 Å². The van der Waals surface area contributed by atoms with Crippen LogP contribution < -0.4 is 5.73 Å². The van der Waals surface area contributed by atoms with Gasteiger partial charge in [-0.2, -0.15) is 5.10 Å². The number of rotatable bonds is 3. The first-order valence-corrected chi connectivity index (χ1v) is 6.45. The largest absolute Gasteiger partial charge is 0.324 e. The summed E-state index contributed by atoms with van der Waals surface area (Å²) in [5.41, 5.74) is 7.26. The Hall–Kier alpha value is -0.470. The van der Waals surface area contributed by atoms with Crippen LogP contribution in [0.15, 0.2) is 17.8 Å². The maximum absolute atomic E-state index is 6.09. The molecule has 2 N–H and O–H groups in total. The quantitative estimate of drug-likeness (QED) is 0.870. The summed E-state index contributed by atoms with van der Waals surface area (Å²) in [5, 5.41) is 6.12. The summed E-state index contributed by atoms with van der Waals surface area (Å²) in [7, 11) is 1.88. The summed E-state index contributed by atoms with van der Waals surface area (Å²) in [6, 6.07) is 2.12. The van der Waals surface area contributed by atoms with Crippen LogP contribution in [-0.4, -0.2) is 14.8 Å². The van der Waals surface area contributed by atoms with Crippen LogP contribution in [0.5, 0.6) is 0 Å². The first-order chi connectivity index (χ1) is 7.16. The Morgan fingerprint density at radius 2 is 2.47 bits per heavy atom. The van der Waals surface area contributed by atoms with Crippen molar-refractivity contribution >= 4 is 33.9 Å². The number of halogens is 1. The molecule has 15 heavy (non-hydrogen) atoms. The second-order valence-corrected chi connectivity index (χ2v) is 6.10. The monoisotopic (exact) mass is 334 g/mol. The highest BCUT2D eigenvalue weighted by atomic mass is 127. The molecule has 80 valence electrons. The van der Waals surface area contributed by atoms with Crippen molar-refractivity contribution in [1.29, 1.82) is 0 Å². The molecule has 1 unspecified atom stereocenters. The fourth-order valence-electron chi connectivity index (χ4n) is 1.34. The Kier molecular flexibility index (Phi) is 3.37. The van der Waals surface area contributed by atoms with Gasteiger partial charge in [0.05, 0.1) is 2.88 Å². The highest BCUT2D eigenvalue weighted by Crippen LogP contribution is 2.22. The normalized spacial score (nSPS) is 13.0. The van der Waals surface area contributed by atoms with Gasteiger partial charge >= 0.3 is 0 Å². The van der Waals surface area contributed by atoms with Gasteiger partial charge in [0.1, 0.15) is 12.2 Å². The first-order valence-electron chi connectivity index (χ1n) is 4.49. The van der Waals surface area contributed by atoms with Gasteiger partial charge in [0.25, 0.3) is 0 Å². The highest BCUT2D eigenvalue weighted by Gasteiger charge is 2.11. The summed E-state index contributed by atoms with van der Waals surface area (Å²) in [4.78, 5) is 4.16. The number of hydrogen-bond acceptors (Lipinski definition) is 4. The summed E-state index contributed by atoms with van der Waals surface area (Å²) in [5.74, 6) is 0.920. The van der Waals surface area contributed by atoms with Gasteiger partial charge in [-0.25, -0.2) is 4.98 Å². The molecule has 0 saturated heterocycles. The molecule has 2 rings (SSSR count). The van der Waals surface area contributed by atoms with Crippen molar-refractivity contribution in [2.45, 2.75) is 12.5 Å². The molecule has 0 bridgehead atoms. The first kappa shape index (κ1) is 11.0. The molecule has 0 radical (unpaired) electrons. The number of aryl methyl sites for hydroxylation is 1. The molecule has 0 spiro atoms. The Balaban J connectivity index is 2.10. The summed E-state index contributed by atoms with van der Waals surface area (Å²) < 4.78 is 3.02. The molecular formula is C9H11IN4S. The molecular weight excluding hydrogens is 323 g/mol. The number of hydrogen-bond donors (Lipinski definition) is 1. The van der Waals surface area contributed by atoms with Crippen molar-refractivity contribution in [3.63, 3.8) is 0 Å². The van der Waals surface area contributed by atoms with Crippen molar-refractivity contribution < 1.29 is 0 Å². The van der Waals surface area contributed by atoms with E-state index in [0.29, 0.717) is 0 Å². The van der Waals surface area contributed by atoms with Crippen molar-refractivity contribution in [2.75, 3.05) is 0 Å². The number of thiophene rings is 1. The Bertz CT molecular complexity index is 450. The number of nitrogens with two attached hydrogens (primary N) is 1. The van der Waals surface area contributed by atoms with Crippen LogP contribution in [0.2, 0.25) is 0 Å². The molecule has 1 atom stereocenters. The van der Waals surface area contributed by atoms with Gasteiger partial charge in [0.15, 0.2) is 0 Å². The predicted molar refractivity (Wildman–Crippen MR) is 68.7 cm³/mol.